The molecular formula is C45H29N3O. The number of fused-ring (bicyclic) bond motifs is 3. The Balaban J connectivity index is 1.03. The van der Waals surface area contributed by atoms with Crippen molar-refractivity contribution in [3.8, 4) is 5.69 Å². The maximum Gasteiger partial charge on any atom is 0.137 e. The third-order valence-corrected chi connectivity index (χ3v) is 9.55. The zero-order chi connectivity index (χ0) is 32.3. The number of rotatable bonds is 6. The van der Waals surface area contributed by atoms with Crippen LogP contribution in [-0.4, -0.2) is 9.55 Å². The second kappa shape index (κ2) is 11.0. The largest absolute Gasteiger partial charge is 0.456 e. The van der Waals surface area contributed by atoms with Gasteiger partial charge in [-0.05, 0) is 94.7 Å². The molecule has 0 bridgehead atoms. The van der Waals surface area contributed by atoms with Crippen LogP contribution in [-0.2, 0) is 0 Å². The van der Waals surface area contributed by atoms with Crippen molar-refractivity contribution in [2.75, 3.05) is 4.90 Å². The number of aromatic nitrogens is 2. The molecule has 10 aromatic rings. The van der Waals surface area contributed by atoms with Crippen molar-refractivity contribution in [1.82, 2.24) is 9.55 Å². The molecule has 10 rings (SSSR count). The van der Waals surface area contributed by atoms with Crippen molar-refractivity contribution >= 4 is 83.9 Å². The quantitative estimate of drug-likeness (QED) is 0.136. The Morgan fingerprint density at radius 2 is 1.27 bits per heavy atom. The maximum atomic E-state index is 6.24. The van der Waals surface area contributed by atoms with Crippen LogP contribution in [0.5, 0.6) is 0 Å². The van der Waals surface area contributed by atoms with Gasteiger partial charge in [-0.1, -0.05) is 91.0 Å². The summed E-state index contributed by atoms with van der Waals surface area (Å²) in [6.45, 7) is 0. The molecule has 0 N–H and O–H groups in total. The molecule has 7 aromatic carbocycles. The Morgan fingerprint density at radius 3 is 2.14 bits per heavy atom. The highest BCUT2D eigenvalue weighted by Crippen LogP contribution is 2.40. The van der Waals surface area contributed by atoms with Crippen LogP contribution in [0.4, 0.5) is 17.2 Å². The van der Waals surface area contributed by atoms with E-state index in [1.165, 1.54) is 38.3 Å². The third-order valence-electron chi connectivity index (χ3n) is 9.55. The fourth-order valence-corrected chi connectivity index (χ4v) is 7.35. The molecule has 49 heavy (non-hydrogen) atoms. The molecule has 0 saturated carbocycles. The third kappa shape index (κ3) is 4.49. The summed E-state index contributed by atoms with van der Waals surface area (Å²) in [7, 11) is 0. The fourth-order valence-electron chi connectivity index (χ4n) is 7.35. The monoisotopic (exact) mass is 627 g/mol. The van der Waals surface area contributed by atoms with E-state index in [2.05, 4.69) is 143 Å². The van der Waals surface area contributed by atoms with Crippen LogP contribution >= 0.6 is 0 Å². The molecule has 0 amide bonds. The molecule has 230 valence electrons. The molecular weight excluding hydrogens is 599 g/mol. The van der Waals surface area contributed by atoms with Crippen LogP contribution in [0.15, 0.2) is 168 Å². The number of pyridine rings is 1. The van der Waals surface area contributed by atoms with Crippen LogP contribution in [0.2, 0.25) is 0 Å². The van der Waals surface area contributed by atoms with Crippen molar-refractivity contribution in [3.05, 3.63) is 175 Å². The standard InChI is InChI=1S/C45H29N3O/c1-2-10-34(11-3-1)48-39-13-8-9-32-20-21-33-27-31(28-40(48)45(33)44(32)39)17-16-30-18-22-35(23-19-30)47(43-15-6-7-26-46-43)36-24-25-38-37-12-4-5-14-41(37)49-42(38)29-36/h1-29H. The number of hydrogen-bond donors (Lipinski definition) is 0. The molecule has 0 unspecified atom stereocenters. The van der Waals surface area contributed by atoms with E-state index in [1.54, 1.807) is 0 Å². The van der Waals surface area contributed by atoms with E-state index in [0.29, 0.717) is 0 Å². The van der Waals surface area contributed by atoms with Gasteiger partial charge < -0.3 is 8.98 Å². The minimum atomic E-state index is 0.841. The Morgan fingerprint density at radius 1 is 0.510 bits per heavy atom. The average Bonchev–Trinajstić information content (AvgIpc) is 3.70. The zero-order valence-electron chi connectivity index (χ0n) is 26.5. The number of nitrogens with zero attached hydrogens (tertiary/aromatic N) is 3. The van der Waals surface area contributed by atoms with Gasteiger partial charge in [0.25, 0.3) is 0 Å². The highest BCUT2D eigenvalue weighted by atomic mass is 16.3. The smallest absolute Gasteiger partial charge is 0.137 e. The molecule has 4 nitrogen and oxygen atoms in total. The second-order valence-corrected chi connectivity index (χ2v) is 12.5. The van der Waals surface area contributed by atoms with E-state index in [0.717, 1.165) is 50.3 Å². The van der Waals surface area contributed by atoms with Gasteiger partial charge in [0.15, 0.2) is 0 Å². The summed E-state index contributed by atoms with van der Waals surface area (Å²) in [6, 6.07) is 55.5. The average molecular weight is 628 g/mol. The summed E-state index contributed by atoms with van der Waals surface area (Å²) in [5.74, 6) is 0.841. The molecule has 3 aromatic heterocycles. The number of furan rings is 1. The van der Waals surface area contributed by atoms with Gasteiger partial charge in [0.2, 0.25) is 0 Å². The summed E-state index contributed by atoms with van der Waals surface area (Å²) in [5, 5.41) is 7.38. The first-order chi connectivity index (χ1) is 24.3. The lowest BCUT2D eigenvalue weighted by atomic mass is 10.00. The predicted molar refractivity (Wildman–Crippen MR) is 205 cm³/mol. The number of hydrogen-bond acceptors (Lipinski definition) is 3. The normalized spacial score (nSPS) is 12.0. The van der Waals surface area contributed by atoms with Gasteiger partial charge in [0.1, 0.15) is 17.0 Å². The summed E-state index contributed by atoms with van der Waals surface area (Å²) in [4.78, 5) is 6.89. The van der Waals surface area contributed by atoms with E-state index < -0.39 is 0 Å². The first-order valence-electron chi connectivity index (χ1n) is 16.5. The van der Waals surface area contributed by atoms with Gasteiger partial charge in [-0.2, -0.15) is 0 Å². The molecule has 0 atom stereocenters. The molecule has 0 radical (unpaired) electrons. The van der Waals surface area contributed by atoms with Gasteiger partial charge in [-0.25, -0.2) is 4.98 Å². The van der Waals surface area contributed by atoms with Crippen LogP contribution in [0.1, 0.15) is 11.1 Å². The zero-order valence-corrected chi connectivity index (χ0v) is 26.5. The highest BCUT2D eigenvalue weighted by molar-refractivity contribution is 6.24. The summed E-state index contributed by atoms with van der Waals surface area (Å²) >= 11 is 0. The number of para-hydroxylation sites is 2. The van der Waals surface area contributed by atoms with Gasteiger partial charge in [0.05, 0.1) is 16.7 Å². The van der Waals surface area contributed by atoms with Crippen molar-refractivity contribution in [1.29, 1.82) is 0 Å². The molecule has 0 spiro atoms. The van der Waals surface area contributed by atoms with Crippen molar-refractivity contribution in [2.24, 2.45) is 0 Å². The Labute approximate surface area is 282 Å². The first kappa shape index (κ1) is 27.5. The van der Waals surface area contributed by atoms with Crippen molar-refractivity contribution in [2.45, 2.75) is 0 Å². The lowest BCUT2D eigenvalue weighted by molar-refractivity contribution is 0.669. The summed E-state index contributed by atoms with van der Waals surface area (Å²) in [6.07, 6.45) is 6.24. The predicted octanol–water partition coefficient (Wildman–Crippen LogP) is 12.3. The highest BCUT2D eigenvalue weighted by Gasteiger charge is 2.18. The van der Waals surface area contributed by atoms with Crippen LogP contribution in [0, 0.1) is 0 Å². The van der Waals surface area contributed by atoms with E-state index in [4.69, 9.17) is 9.40 Å². The topological polar surface area (TPSA) is 34.2 Å². The van der Waals surface area contributed by atoms with Gasteiger partial charge in [-0.3, -0.25) is 4.90 Å². The Bertz CT molecular complexity index is 2810. The van der Waals surface area contributed by atoms with Crippen LogP contribution in [0.3, 0.4) is 0 Å². The van der Waals surface area contributed by atoms with Crippen molar-refractivity contribution in [3.63, 3.8) is 0 Å². The second-order valence-electron chi connectivity index (χ2n) is 12.5. The lowest BCUT2D eigenvalue weighted by Gasteiger charge is -2.24. The van der Waals surface area contributed by atoms with Crippen LogP contribution in [0.25, 0.3) is 72.4 Å². The Kier molecular flexibility index (Phi) is 6.15. The molecule has 0 saturated heterocycles. The minimum Gasteiger partial charge on any atom is -0.456 e. The van der Waals surface area contributed by atoms with E-state index in [1.807, 2.05) is 42.6 Å². The number of anilines is 3. The maximum absolute atomic E-state index is 6.24. The van der Waals surface area contributed by atoms with Crippen molar-refractivity contribution < 1.29 is 4.42 Å². The molecule has 0 aliphatic rings. The minimum absolute atomic E-state index is 0.841. The van der Waals surface area contributed by atoms with E-state index in [-0.39, 0.29) is 0 Å². The van der Waals surface area contributed by atoms with E-state index in [9.17, 15) is 0 Å². The summed E-state index contributed by atoms with van der Waals surface area (Å²) in [5.41, 5.74) is 9.65. The SMILES string of the molecule is C(=Cc1cc2ccc3cccc4c3c2c(c1)n4-c1ccccc1)c1ccc(N(c2ccc3c(c2)oc2ccccc23)c2ccccn2)cc1. The van der Waals surface area contributed by atoms with Gasteiger partial charge >= 0.3 is 0 Å². The molecule has 0 fully saturated rings. The molecule has 3 heterocycles. The fraction of sp³-hybridized carbons (Fsp3) is 0. The number of benzene rings is 7. The first-order valence-corrected chi connectivity index (χ1v) is 16.5. The Hall–Kier alpha value is -6.65. The molecule has 4 heteroatoms. The van der Waals surface area contributed by atoms with Gasteiger partial charge in [0, 0.05) is 45.2 Å². The molecule has 0 aliphatic heterocycles. The molecule has 0 aliphatic carbocycles. The van der Waals surface area contributed by atoms with E-state index >= 15 is 0 Å². The summed E-state index contributed by atoms with van der Waals surface area (Å²) < 4.78 is 8.64. The van der Waals surface area contributed by atoms with Crippen LogP contribution < -0.4 is 4.90 Å². The lowest BCUT2D eigenvalue weighted by Crippen LogP contribution is -2.11. The van der Waals surface area contributed by atoms with Gasteiger partial charge in [-0.15, -0.1) is 0 Å².